The first-order chi connectivity index (χ1) is 7.37. The molecule has 16 heavy (non-hydrogen) atoms. The number of carbonyl (C=O) groups excluding carboxylic acids is 1. The number of hydrogen-bond donors (Lipinski definition) is 3. The molecule has 0 spiro atoms. The average molecular weight is 224 g/mol. The van der Waals surface area contributed by atoms with Crippen molar-refractivity contribution in [1.82, 2.24) is 10.4 Å². The summed E-state index contributed by atoms with van der Waals surface area (Å²) in [6.45, 7) is 5.35. The summed E-state index contributed by atoms with van der Waals surface area (Å²) in [4.78, 5) is 15.2. The van der Waals surface area contributed by atoms with Gasteiger partial charge in [0.15, 0.2) is 0 Å². The lowest BCUT2D eigenvalue weighted by Gasteiger charge is -2.19. The Bertz CT molecular complexity index is 373. The number of nitrogens with zero attached hydrogens (tertiary/aromatic N) is 1. The highest BCUT2D eigenvalue weighted by molar-refractivity contribution is 5.69. The fourth-order valence-corrected chi connectivity index (χ4v) is 0.940. The van der Waals surface area contributed by atoms with Gasteiger partial charge in [-0.15, -0.1) is 0 Å². The van der Waals surface area contributed by atoms with Crippen LogP contribution in [0.15, 0.2) is 18.2 Å². The summed E-state index contributed by atoms with van der Waals surface area (Å²) < 4.78 is 5.02. The van der Waals surface area contributed by atoms with Crippen LogP contribution in [0.25, 0.3) is 0 Å². The minimum absolute atomic E-state index is 0.371. The van der Waals surface area contributed by atoms with Crippen LogP contribution in [-0.2, 0) is 4.74 Å². The van der Waals surface area contributed by atoms with Gasteiger partial charge in [-0.05, 0) is 32.9 Å². The van der Waals surface area contributed by atoms with E-state index in [9.17, 15) is 4.79 Å². The SMILES string of the molecule is CC(C)(C)OC(=O)NNc1cccc(N)n1. The van der Waals surface area contributed by atoms with Crippen molar-refractivity contribution in [2.45, 2.75) is 26.4 Å². The Labute approximate surface area is 94.2 Å². The van der Waals surface area contributed by atoms with Crippen molar-refractivity contribution in [3.8, 4) is 0 Å². The monoisotopic (exact) mass is 224 g/mol. The van der Waals surface area contributed by atoms with Gasteiger partial charge in [0, 0.05) is 0 Å². The molecule has 0 aliphatic heterocycles. The number of pyridine rings is 1. The average Bonchev–Trinajstić information content (AvgIpc) is 2.12. The first-order valence-electron chi connectivity index (χ1n) is 4.84. The second-order valence-electron chi connectivity index (χ2n) is 4.20. The molecule has 1 rings (SSSR count). The molecular formula is C10H16N4O2. The van der Waals surface area contributed by atoms with Crippen LogP contribution in [0.2, 0.25) is 0 Å². The van der Waals surface area contributed by atoms with Gasteiger partial charge >= 0.3 is 6.09 Å². The maximum absolute atomic E-state index is 11.3. The highest BCUT2D eigenvalue weighted by Gasteiger charge is 2.15. The van der Waals surface area contributed by atoms with Crippen molar-refractivity contribution < 1.29 is 9.53 Å². The molecule has 0 aliphatic rings. The summed E-state index contributed by atoms with van der Waals surface area (Å²) in [6, 6.07) is 5.05. The summed E-state index contributed by atoms with van der Waals surface area (Å²) in [5, 5.41) is 0. The van der Waals surface area contributed by atoms with Crippen LogP contribution >= 0.6 is 0 Å². The second kappa shape index (κ2) is 4.69. The Morgan fingerprint density at radius 2 is 2.12 bits per heavy atom. The summed E-state index contributed by atoms with van der Waals surface area (Å²) in [7, 11) is 0. The van der Waals surface area contributed by atoms with Gasteiger partial charge in [0.05, 0.1) is 0 Å². The molecule has 0 saturated heterocycles. The fourth-order valence-electron chi connectivity index (χ4n) is 0.940. The van der Waals surface area contributed by atoms with E-state index < -0.39 is 11.7 Å². The van der Waals surface area contributed by atoms with E-state index >= 15 is 0 Å². The van der Waals surface area contributed by atoms with E-state index in [0.717, 1.165) is 0 Å². The van der Waals surface area contributed by atoms with Crippen LogP contribution in [0.4, 0.5) is 16.4 Å². The molecule has 1 amide bonds. The van der Waals surface area contributed by atoms with Crippen molar-refractivity contribution in [2.24, 2.45) is 0 Å². The molecule has 6 heteroatoms. The smallest absolute Gasteiger partial charge is 0.426 e. The number of rotatable bonds is 2. The third-order valence-corrected chi connectivity index (χ3v) is 1.46. The molecule has 4 N–H and O–H groups in total. The summed E-state index contributed by atoms with van der Waals surface area (Å²) in [6.07, 6.45) is -0.572. The number of aromatic nitrogens is 1. The lowest BCUT2D eigenvalue weighted by Crippen LogP contribution is -2.36. The maximum Gasteiger partial charge on any atom is 0.426 e. The predicted octanol–water partition coefficient (Wildman–Crippen LogP) is 1.52. The predicted molar refractivity (Wildman–Crippen MR) is 61.6 cm³/mol. The molecule has 88 valence electrons. The van der Waals surface area contributed by atoms with E-state index in [-0.39, 0.29) is 0 Å². The van der Waals surface area contributed by atoms with Crippen LogP contribution in [0.3, 0.4) is 0 Å². The van der Waals surface area contributed by atoms with Gasteiger partial charge < -0.3 is 10.5 Å². The maximum atomic E-state index is 11.3. The van der Waals surface area contributed by atoms with Gasteiger partial charge in [-0.1, -0.05) is 6.07 Å². The van der Waals surface area contributed by atoms with Crippen LogP contribution in [0.5, 0.6) is 0 Å². The molecule has 1 aromatic rings. The standard InChI is InChI=1S/C10H16N4O2/c1-10(2,3)16-9(15)14-13-8-6-4-5-7(11)12-8/h4-6H,1-3H3,(H,14,15)(H3,11,12,13). The number of hydrazine groups is 1. The van der Waals surface area contributed by atoms with E-state index in [1.807, 2.05) is 0 Å². The largest absolute Gasteiger partial charge is 0.443 e. The van der Waals surface area contributed by atoms with Gasteiger partial charge in [0.1, 0.15) is 17.2 Å². The van der Waals surface area contributed by atoms with E-state index in [2.05, 4.69) is 15.8 Å². The van der Waals surface area contributed by atoms with Crippen molar-refractivity contribution in [2.75, 3.05) is 11.2 Å². The zero-order valence-electron chi connectivity index (χ0n) is 9.57. The van der Waals surface area contributed by atoms with Gasteiger partial charge in [-0.3, -0.25) is 5.43 Å². The molecule has 0 atom stereocenters. The first-order valence-corrected chi connectivity index (χ1v) is 4.84. The summed E-state index contributed by atoms with van der Waals surface area (Å²) in [5.41, 5.74) is 9.88. The molecule has 0 aliphatic carbocycles. The van der Waals surface area contributed by atoms with Crippen molar-refractivity contribution in [3.63, 3.8) is 0 Å². The van der Waals surface area contributed by atoms with E-state index in [4.69, 9.17) is 10.5 Å². The minimum Gasteiger partial charge on any atom is -0.443 e. The summed E-state index contributed by atoms with van der Waals surface area (Å²) in [5.74, 6) is 0.821. The van der Waals surface area contributed by atoms with Crippen LogP contribution in [0, 0.1) is 0 Å². The number of ether oxygens (including phenoxy) is 1. The van der Waals surface area contributed by atoms with Crippen LogP contribution in [0.1, 0.15) is 20.8 Å². The molecule has 6 nitrogen and oxygen atoms in total. The topological polar surface area (TPSA) is 89.3 Å². The Kier molecular flexibility index (Phi) is 3.55. The van der Waals surface area contributed by atoms with Gasteiger partial charge in [0.2, 0.25) is 0 Å². The van der Waals surface area contributed by atoms with E-state index in [1.165, 1.54) is 0 Å². The van der Waals surface area contributed by atoms with Crippen molar-refractivity contribution in [3.05, 3.63) is 18.2 Å². The Morgan fingerprint density at radius 3 is 2.69 bits per heavy atom. The van der Waals surface area contributed by atoms with E-state index in [1.54, 1.807) is 39.0 Å². The molecule has 0 radical (unpaired) electrons. The molecule has 1 aromatic heterocycles. The summed E-state index contributed by atoms with van der Waals surface area (Å²) >= 11 is 0. The molecule has 1 heterocycles. The number of hydrogen-bond acceptors (Lipinski definition) is 5. The Hall–Kier alpha value is -1.98. The normalized spacial score (nSPS) is 10.7. The lowest BCUT2D eigenvalue weighted by molar-refractivity contribution is 0.0541. The van der Waals surface area contributed by atoms with Crippen LogP contribution < -0.4 is 16.6 Å². The minimum atomic E-state index is -0.572. The number of nitrogens with one attached hydrogen (secondary N) is 2. The second-order valence-corrected chi connectivity index (χ2v) is 4.20. The molecule has 0 bridgehead atoms. The van der Waals surface area contributed by atoms with Gasteiger partial charge in [0.25, 0.3) is 0 Å². The van der Waals surface area contributed by atoms with Crippen molar-refractivity contribution >= 4 is 17.7 Å². The first kappa shape index (κ1) is 12.1. The van der Waals surface area contributed by atoms with Gasteiger partial charge in [-0.2, -0.15) is 0 Å². The third kappa shape index (κ3) is 4.50. The zero-order valence-corrected chi connectivity index (χ0v) is 9.57. The number of anilines is 2. The quantitative estimate of drug-likeness (QED) is 0.663. The molecule has 0 saturated carbocycles. The number of amides is 1. The molecule has 0 aromatic carbocycles. The third-order valence-electron chi connectivity index (χ3n) is 1.46. The molecular weight excluding hydrogens is 208 g/mol. The molecule has 0 fully saturated rings. The van der Waals surface area contributed by atoms with E-state index in [0.29, 0.717) is 11.6 Å². The number of carbonyl (C=O) groups is 1. The molecule has 0 unspecified atom stereocenters. The highest BCUT2D eigenvalue weighted by atomic mass is 16.6. The Morgan fingerprint density at radius 1 is 1.44 bits per heavy atom. The van der Waals surface area contributed by atoms with Crippen LogP contribution in [-0.4, -0.2) is 16.7 Å². The number of nitrogens with two attached hydrogens (primary N) is 1. The zero-order chi connectivity index (χ0) is 12.2. The fraction of sp³-hybridized carbons (Fsp3) is 0.400. The number of nitrogen functional groups attached to an aromatic ring is 1. The van der Waals surface area contributed by atoms with Gasteiger partial charge in [-0.25, -0.2) is 15.2 Å². The van der Waals surface area contributed by atoms with Crippen molar-refractivity contribution in [1.29, 1.82) is 0 Å². The lowest BCUT2D eigenvalue weighted by atomic mass is 10.2. The highest BCUT2D eigenvalue weighted by Crippen LogP contribution is 2.07. The Balaban J connectivity index is 2.43.